The topological polar surface area (TPSA) is 142 Å². The Hall–Kier alpha value is -3.37. The highest BCUT2D eigenvalue weighted by Crippen LogP contribution is 2.36. The zero-order valence-corrected chi connectivity index (χ0v) is 25.8. The highest BCUT2D eigenvalue weighted by Gasteiger charge is 2.38. The fourth-order valence-electron chi connectivity index (χ4n) is 4.35. The predicted molar refractivity (Wildman–Crippen MR) is 151 cm³/mol. The van der Waals surface area contributed by atoms with Gasteiger partial charge in [0, 0.05) is 39.3 Å². The summed E-state index contributed by atoms with van der Waals surface area (Å²) in [5.41, 5.74) is -2.17. The normalized spacial score (nSPS) is 15.2. The summed E-state index contributed by atoms with van der Waals surface area (Å²) < 4.78 is 100. The first-order chi connectivity index (χ1) is 19.8. The summed E-state index contributed by atoms with van der Waals surface area (Å²) in [5, 5.41) is 2.51. The minimum atomic E-state index is -5.09. The molecule has 43 heavy (non-hydrogen) atoms. The monoisotopic (exact) mass is 648 g/mol. The first kappa shape index (κ1) is 34.1. The molecule has 2 aromatic carbocycles. The lowest BCUT2D eigenvalue weighted by Crippen LogP contribution is -2.51. The van der Waals surface area contributed by atoms with Crippen LogP contribution >= 0.6 is 0 Å². The van der Waals surface area contributed by atoms with Crippen molar-refractivity contribution in [2.45, 2.75) is 66.1 Å². The average molecular weight is 649 g/mol. The quantitative estimate of drug-likeness (QED) is 0.414. The number of amides is 3. The number of urea groups is 1. The molecule has 1 aliphatic heterocycles. The molecule has 1 aliphatic rings. The number of alkyl halides is 3. The predicted octanol–water partition coefficient (Wildman–Crippen LogP) is 3.86. The van der Waals surface area contributed by atoms with E-state index in [2.05, 4.69) is 5.32 Å². The van der Waals surface area contributed by atoms with Gasteiger partial charge in [-0.15, -0.1) is 0 Å². The lowest BCUT2D eigenvalue weighted by molar-refractivity contribution is -0.139. The van der Waals surface area contributed by atoms with Gasteiger partial charge in [0.15, 0.2) is 0 Å². The molecule has 0 spiro atoms. The second-order valence-electron chi connectivity index (χ2n) is 10.9. The van der Waals surface area contributed by atoms with Crippen LogP contribution < -0.4 is 10.0 Å². The smallest absolute Gasteiger partial charge is 0.417 e. The van der Waals surface area contributed by atoms with Crippen LogP contribution in [0.4, 0.5) is 22.8 Å². The van der Waals surface area contributed by atoms with E-state index < -0.39 is 65.7 Å². The van der Waals surface area contributed by atoms with Gasteiger partial charge in [-0.25, -0.2) is 31.1 Å². The third-order valence-corrected chi connectivity index (χ3v) is 9.86. The number of rotatable bonds is 8. The Morgan fingerprint density at radius 2 is 1.56 bits per heavy atom. The summed E-state index contributed by atoms with van der Waals surface area (Å²) in [6.45, 7) is 5.31. The molecule has 0 aliphatic carbocycles. The molecule has 0 atom stereocenters. The number of benzene rings is 2. The average Bonchev–Trinajstić information content (AvgIpc) is 2.93. The van der Waals surface area contributed by atoms with Crippen LogP contribution in [0, 0.1) is 0 Å². The van der Waals surface area contributed by atoms with Crippen LogP contribution in [0.1, 0.15) is 39.2 Å². The van der Waals surface area contributed by atoms with E-state index in [0.29, 0.717) is 44.1 Å². The van der Waals surface area contributed by atoms with E-state index in [1.807, 2.05) is 4.72 Å². The summed E-state index contributed by atoms with van der Waals surface area (Å²) in [6, 6.07) is 7.73. The summed E-state index contributed by atoms with van der Waals surface area (Å²) in [6.07, 6.45) is -4.56. The molecule has 11 nitrogen and oxygen atoms in total. The number of hydrogen-bond donors (Lipinski definition) is 2. The van der Waals surface area contributed by atoms with Crippen molar-refractivity contribution in [1.29, 1.82) is 0 Å². The zero-order valence-electron chi connectivity index (χ0n) is 24.1. The molecule has 0 aromatic heterocycles. The fraction of sp³-hybridized carbons (Fsp3) is 0.481. The number of nitrogens with one attached hydrogen (secondary N) is 2. The van der Waals surface area contributed by atoms with E-state index in [-0.39, 0.29) is 17.5 Å². The number of carbonyl (C=O) groups is 2. The van der Waals surface area contributed by atoms with Gasteiger partial charge < -0.3 is 19.9 Å². The van der Waals surface area contributed by atoms with Gasteiger partial charge in [-0.2, -0.15) is 13.2 Å². The molecule has 2 aromatic rings. The van der Waals surface area contributed by atoms with Crippen LogP contribution in [0.25, 0.3) is 0 Å². The number of sulfonamides is 1. The molecule has 0 saturated carbocycles. The fourth-order valence-corrected chi connectivity index (χ4v) is 7.01. The van der Waals surface area contributed by atoms with Gasteiger partial charge in [0.1, 0.15) is 5.60 Å². The van der Waals surface area contributed by atoms with Gasteiger partial charge >= 0.3 is 18.3 Å². The molecule has 238 valence electrons. The Morgan fingerprint density at radius 3 is 2.12 bits per heavy atom. The van der Waals surface area contributed by atoms with Crippen LogP contribution in [0.5, 0.6) is 0 Å². The standard InChI is InChI=1S/C27H35F3N4O7S2/c1-26(2,3)41-25(36)34-16-12-19(13-17-34)33(4)24(35)31-14-15-32-43(39,40)23-18-21(10-11-22(23)27(28,29)30)42(37,38)20-8-6-5-7-9-20/h5-11,18-19,32H,12-17H2,1-4H3,(H,31,35). The summed E-state index contributed by atoms with van der Waals surface area (Å²) in [4.78, 5) is 25.8. The Bertz CT molecular complexity index is 1520. The minimum Gasteiger partial charge on any atom is -0.444 e. The molecule has 1 fully saturated rings. The van der Waals surface area contributed by atoms with E-state index in [0.717, 1.165) is 0 Å². The Morgan fingerprint density at radius 1 is 0.953 bits per heavy atom. The second kappa shape index (κ2) is 13.1. The van der Waals surface area contributed by atoms with Crippen molar-refractivity contribution in [2.75, 3.05) is 33.2 Å². The number of ether oxygens (including phenoxy) is 1. The molecule has 1 saturated heterocycles. The number of carbonyl (C=O) groups excluding carboxylic acids is 2. The van der Waals surface area contributed by atoms with Crippen molar-refractivity contribution in [3.05, 3.63) is 54.1 Å². The molecule has 2 N–H and O–H groups in total. The molecular formula is C27H35F3N4O7S2. The van der Waals surface area contributed by atoms with E-state index in [4.69, 9.17) is 4.74 Å². The van der Waals surface area contributed by atoms with Crippen molar-refractivity contribution < 1.29 is 44.3 Å². The molecule has 0 unspecified atom stereocenters. The van der Waals surface area contributed by atoms with Gasteiger partial charge in [0.2, 0.25) is 19.9 Å². The molecular weight excluding hydrogens is 613 g/mol. The zero-order chi connectivity index (χ0) is 32.2. The molecule has 0 radical (unpaired) electrons. The van der Waals surface area contributed by atoms with Crippen LogP contribution in [-0.2, 0) is 30.8 Å². The van der Waals surface area contributed by atoms with Crippen molar-refractivity contribution in [3.63, 3.8) is 0 Å². The lowest BCUT2D eigenvalue weighted by Gasteiger charge is -2.37. The van der Waals surface area contributed by atoms with Crippen molar-refractivity contribution >= 4 is 32.0 Å². The first-order valence-corrected chi connectivity index (χ1v) is 16.3. The van der Waals surface area contributed by atoms with Gasteiger partial charge in [0.25, 0.3) is 0 Å². The van der Waals surface area contributed by atoms with Crippen LogP contribution in [0.3, 0.4) is 0 Å². The number of sulfone groups is 1. The second-order valence-corrected chi connectivity index (χ2v) is 14.6. The van der Waals surface area contributed by atoms with E-state index in [1.165, 1.54) is 29.2 Å². The summed E-state index contributed by atoms with van der Waals surface area (Å²) >= 11 is 0. The number of nitrogens with zero attached hydrogens (tertiary/aromatic N) is 2. The van der Waals surface area contributed by atoms with E-state index in [1.54, 1.807) is 38.8 Å². The maximum atomic E-state index is 13.7. The van der Waals surface area contributed by atoms with Gasteiger partial charge in [-0.05, 0) is 63.9 Å². The molecule has 1 heterocycles. The maximum absolute atomic E-state index is 13.7. The van der Waals surface area contributed by atoms with Gasteiger partial charge in [-0.3, -0.25) is 0 Å². The largest absolute Gasteiger partial charge is 0.444 e. The molecule has 0 bridgehead atoms. The van der Waals surface area contributed by atoms with Crippen LogP contribution in [0.15, 0.2) is 63.2 Å². The first-order valence-electron chi connectivity index (χ1n) is 13.3. The molecule has 3 amide bonds. The van der Waals surface area contributed by atoms with Crippen molar-refractivity contribution in [2.24, 2.45) is 0 Å². The third kappa shape index (κ3) is 8.83. The highest BCUT2D eigenvalue weighted by atomic mass is 32.2. The van der Waals surface area contributed by atoms with Crippen molar-refractivity contribution in [3.8, 4) is 0 Å². The minimum absolute atomic E-state index is 0.209. The van der Waals surface area contributed by atoms with Crippen LogP contribution in [-0.4, -0.2) is 83.6 Å². The maximum Gasteiger partial charge on any atom is 0.417 e. The summed E-state index contributed by atoms with van der Waals surface area (Å²) in [5.74, 6) is 0. The van der Waals surface area contributed by atoms with Crippen molar-refractivity contribution in [1.82, 2.24) is 19.8 Å². The Labute approximate surface area is 249 Å². The molecule has 3 rings (SSSR count). The summed E-state index contributed by atoms with van der Waals surface area (Å²) in [7, 11) is -7.62. The van der Waals surface area contributed by atoms with E-state index in [9.17, 15) is 39.6 Å². The third-order valence-electron chi connectivity index (χ3n) is 6.59. The van der Waals surface area contributed by atoms with E-state index >= 15 is 0 Å². The number of piperidine rings is 1. The highest BCUT2D eigenvalue weighted by molar-refractivity contribution is 7.91. The Balaban J connectivity index is 1.62. The Kier molecular flexibility index (Phi) is 10.4. The number of hydrogen-bond acceptors (Lipinski definition) is 7. The lowest BCUT2D eigenvalue weighted by atomic mass is 10.0. The van der Waals surface area contributed by atoms with Crippen LogP contribution in [0.2, 0.25) is 0 Å². The SMILES string of the molecule is CN(C(=O)NCCNS(=O)(=O)c1cc(S(=O)(=O)c2ccccc2)ccc1C(F)(F)F)C1CCN(C(=O)OC(C)(C)C)CC1. The molecule has 16 heteroatoms. The van der Waals surface area contributed by atoms with Gasteiger partial charge in [0.05, 0.1) is 20.2 Å². The number of likely N-dealkylation sites (tertiary alicyclic amines) is 1. The van der Waals surface area contributed by atoms with Gasteiger partial charge in [-0.1, -0.05) is 18.2 Å². The number of halogens is 3.